The Hall–Kier alpha value is -2.67. The Balaban J connectivity index is 0.00000800. The Morgan fingerprint density at radius 1 is 0.554 bits per heavy atom. The van der Waals surface area contributed by atoms with E-state index in [1.54, 1.807) is 18.2 Å². The smallest absolute Gasteiger partial charge is 0.744 e. The first-order chi connectivity index (χ1) is 34.9. The molecule has 0 unspecified atom stereocenters. The molecule has 15 N–H and O–H groups in total. The van der Waals surface area contributed by atoms with Crippen molar-refractivity contribution in [1.29, 1.82) is 0 Å². The summed E-state index contributed by atoms with van der Waals surface area (Å²) in [5.74, 6) is 0. The molecule has 0 amide bonds. The number of aromatic amines is 1. The third-order valence-electron chi connectivity index (χ3n) is 13.4. The zero-order chi connectivity index (χ0) is 52.3. The van der Waals surface area contributed by atoms with Gasteiger partial charge < -0.3 is 119 Å². The Morgan fingerprint density at radius 3 is 1.61 bits per heavy atom. The van der Waals surface area contributed by atoms with Crippen LogP contribution in [0.2, 0.25) is 0 Å². The van der Waals surface area contributed by atoms with Crippen LogP contribution in [0, 0.1) is 0 Å². The molecule has 28 heteroatoms. The van der Waals surface area contributed by atoms with Crippen LogP contribution in [-0.2, 0) is 54.4 Å². The molecule has 0 spiro atoms. The standard InChI is InChI=1S/C46H63N3O23S.Na/c50-17-27-40(33(55)37(59)43(67-27)65-14-11-20-15-49-24-8-2-1-5-21(20)24)71-45-39(61)35(57)42(29(19-52)69-45)72-46-38(60)34(56)41(28(18-51)68-46)70-44-36(58)32(54)31(53)26(66-44)16-47-12-13-48-25-9-3-7-23-22(25)6-4-10-30(23)73(62,63)64;/h1-10,15,26-29,31-61H,11-14,16-19H2,(H,62,63,64);/q;+1/p-1/t26-,27-,28-,29-,31+,32+,33-,34-,35-,36-,37-,38-,39-,40-,41-,42-,43-,44+,45+,46+;/m1./s1. The third kappa shape index (κ3) is 12.8. The van der Waals surface area contributed by atoms with Crippen molar-refractivity contribution in [3.63, 3.8) is 0 Å². The summed E-state index contributed by atoms with van der Waals surface area (Å²) in [6.45, 7) is -2.24. The van der Waals surface area contributed by atoms with Crippen LogP contribution in [-0.4, -0.2) is 248 Å². The van der Waals surface area contributed by atoms with Crippen molar-refractivity contribution in [2.75, 3.05) is 51.4 Å². The molecule has 4 fully saturated rings. The van der Waals surface area contributed by atoms with E-state index in [1.807, 2.05) is 30.5 Å². The summed E-state index contributed by atoms with van der Waals surface area (Å²) in [7, 11) is -4.74. The number of aromatic nitrogens is 1. The van der Waals surface area contributed by atoms with Crippen molar-refractivity contribution in [1.82, 2.24) is 10.3 Å². The van der Waals surface area contributed by atoms with Gasteiger partial charge in [0.1, 0.15) is 108 Å². The monoisotopic (exact) mass is 1080 g/mol. The van der Waals surface area contributed by atoms with Gasteiger partial charge in [0, 0.05) is 53.2 Å². The van der Waals surface area contributed by atoms with Crippen LogP contribution in [0.1, 0.15) is 5.56 Å². The number of hydrogen-bond donors (Lipinski definition) is 15. The number of ether oxygens (including phenoxy) is 8. The van der Waals surface area contributed by atoms with Crippen molar-refractivity contribution in [3.05, 3.63) is 72.4 Å². The molecule has 0 saturated carbocycles. The number of hydrogen-bond acceptors (Lipinski definition) is 25. The molecule has 4 aromatic rings. The van der Waals surface area contributed by atoms with Gasteiger partial charge in [0.05, 0.1) is 31.3 Å². The second-order valence-corrected chi connectivity index (χ2v) is 19.5. The largest absolute Gasteiger partial charge is 1.00 e. The molecule has 74 heavy (non-hydrogen) atoms. The quantitative estimate of drug-likeness (QED) is 0.0222. The first kappa shape index (κ1) is 59.0. The van der Waals surface area contributed by atoms with Crippen molar-refractivity contribution in [2.24, 2.45) is 0 Å². The zero-order valence-corrected chi connectivity index (χ0v) is 42.6. The number of fused-ring (bicyclic) bond motifs is 2. The fraction of sp³-hybridized carbons (Fsp3) is 0.609. The maximum atomic E-state index is 11.8. The molecule has 8 rings (SSSR count). The summed E-state index contributed by atoms with van der Waals surface area (Å²) >= 11 is 0. The summed E-state index contributed by atoms with van der Waals surface area (Å²) in [5.41, 5.74) is 2.37. The molecule has 20 atom stereocenters. The second kappa shape index (κ2) is 25.9. The number of benzene rings is 3. The topological polar surface area (TPSA) is 414 Å². The van der Waals surface area contributed by atoms with E-state index in [9.17, 15) is 74.2 Å². The molecule has 4 aliphatic heterocycles. The molecule has 0 radical (unpaired) electrons. The maximum Gasteiger partial charge on any atom is 1.00 e. The predicted octanol–water partition coefficient (Wildman–Crippen LogP) is -8.23. The molecule has 0 aliphatic carbocycles. The SMILES string of the molecule is O=S(=O)([O-])c1cccc2c(NCCNC[C@H]3O[C@@H](O[C@H]4[C@H](O)[C@@H](O)[C@H](O[C@H]5[C@H](O)[C@@H](O)[C@H](O[C@H]6[C@H](O)[C@@H](O)[C@H](OCCc7c[nH]c8ccccc78)O[C@@H]6CO)O[C@@H]5CO)O[C@@H]4CO)[C@H](O)[C@@H](O)[C@H]3O)cccc12.[Na+]. The van der Waals surface area contributed by atoms with Gasteiger partial charge in [0.15, 0.2) is 25.2 Å². The van der Waals surface area contributed by atoms with Gasteiger partial charge in [-0.15, -0.1) is 0 Å². The fourth-order valence-corrected chi connectivity index (χ4v) is 10.2. The number of aliphatic hydroxyl groups is 12. The van der Waals surface area contributed by atoms with E-state index in [2.05, 4.69) is 15.6 Å². The van der Waals surface area contributed by atoms with Crippen LogP contribution in [0.3, 0.4) is 0 Å². The van der Waals surface area contributed by atoms with Gasteiger partial charge in [-0.1, -0.05) is 42.5 Å². The van der Waals surface area contributed by atoms with E-state index in [0.29, 0.717) is 17.5 Å². The first-order valence-electron chi connectivity index (χ1n) is 23.6. The zero-order valence-electron chi connectivity index (χ0n) is 39.8. The maximum absolute atomic E-state index is 11.8. The Morgan fingerprint density at radius 2 is 1.04 bits per heavy atom. The molecule has 406 valence electrons. The van der Waals surface area contributed by atoms with E-state index in [1.165, 1.54) is 18.2 Å². The minimum absolute atomic E-state index is 0. The summed E-state index contributed by atoms with van der Waals surface area (Å²) in [6.07, 6.45) is -32.6. The first-order valence-corrected chi connectivity index (χ1v) is 25.0. The van der Waals surface area contributed by atoms with E-state index < -0.39 is 153 Å². The van der Waals surface area contributed by atoms with Crippen molar-refractivity contribution in [2.45, 2.75) is 134 Å². The van der Waals surface area contributed by atoms with E-state index >= 15 is 0 Å². The van der Waals surface area contributed by atoms with E-state index in [0.717, 1.165) is 16.5 Å². The number of aliphatic hydroxyl groups excluding tert-OH is 12. The minimum Gasteiger partial charge on any atom is -0.744 e. The summed E-state index contributed by atoms with van der Waals surface area (Å²) in [5, 5.41) is 138. The molecule has 5 heterocycles. The average molecular weight is 1080 g/mol. The van der Waals surface area contributed by atoms with Gasteiger partial charge in [0.2, 0.25) is 0 Å². The van der Waals surface area contributed by atoms with Crippen LogP contribution in [0.4, 0.5) is 5.69 Å². The van der Waals surface area contributed by atoms with Crippen LogP contribution < -0.4 is 40.2 Å². The van der Waals surface area contributed by atoms with Crippen molar-refractivity contribution < 1.29 is 142 Å². The number of rotatable bonds is 20. The molecule has 26 nitrogen and oxygen atoms in total. The minimum atomic E-state index is -4.74. The molecule has 4 aliphatic rings. The predicted molar refractivity (Wildman–Crippen MR) is 246 cm³/mol. The van der Waals surface area contributed by atoms with E-state index in [4.69, 9.17) is 37.9 Å². The van der Waals surface area contributed by atoms with Crippen LogP contribution in [0.25, 0.3) is 21.7 Å². The summed E-state index contributed by atoms with van der Waals surface area (Å²) < 4.78 is 81.3. The van der Waals surface area contributed by atoms with Crippen molar-refractivity contribution >= 4 is 37.5 Å². The van der Waals surface area contributed by atoms with Gasteiger partial charge in [0.25, 0.3) is 0 Å². The fourth-order valence-electron chi connectivity index (χ4n) is 9.49. The molecular weight excluding hydrogens is 1020 g/mol. The molecule has 4 saturated heterocycles. The molecule has 3 aromatic carbocycles. The van der Waals surface area contributed by atoms with Gasteiger partial charge in [-0.3, -0.25) is 0 Å². The van der Waals surface area contributed by atoms with Gasteiger partial charge in [-0.05, 0) is 30.2 Å². The summed E-state index contributed by atoms with van der Waals surface area (Å²) in [6, 6.07) is 16.7. The average Bonchev–Trinajstić information content (AvgIpc) is 3.80. The second-order valence-electron chi connectivity index (χ2n) is 18.2. The van der Waals surface area contributed by atoms with Crippen LogP contribution in [0.15, 0.2) is 71.8 Å². The molecule has 0 bridgehead atoms. The van der Waals surface area contributed by atoms with Crippen LogP contribution in [0.5, 0.6) is 0 Å². The number of para-hydroxylation sites is 1. The number of nitrogens with one attached hydrogen (secondary N) is 3. The van der Waals surface area contributed by atoms with E-state index in [-0.39, 0.29) is 66.1 Å². The van der Waals surface area contributed by atoms with Gasteiger partial charge in [-0.25, -0.2) is 8.42 Å². The van der Waals surface area contributed by atoms with Crippen molar-refractivity contribution in [3.8, 4) is 0 Å². The third-order valence-corrected chi connectivity index (χ3v) is 14.3. The Labute approximate surface area is 445 Å². The number of H-pyrrole nitrogens is 1. The van der Waals surface area contributed by atoms with Crippen LogP contribution >= 0.6 is 0 Å². The van der Waals surface area contributed by atoms with Gasteiger partial charge in [-0.2, -0.15) is 0 Å². The normalized spacial score (nSPS) is 36.9. The van der Waals surface area contributed by atoms with Gasteiger partial charge >= 0.3 is 29.6 Å². The molecule has 1 aromatic heterocycles. The Kier molecular flexibility index (Phi) is 20.6. The molecular formula is C46H62N3NaO23S. The Bertz CT molecular complexity index is 2530. The summed E-state index contributed by atoms with van der Waals surface area (Å²) in [4.78, 5) is 2.78. The number of anilines is 1.